The largest absolute Gasteiger partial charge is 0.484 e. The highest BCUT2D eigenvalue weighted by Gasteiger charge is 2.15. The van der Waals surface area contributed by atoms with E-state index in [1.54, 1.807) is 12.1 Å². The van der Waals surface area contributed by atoms with Crippen LogP contribution in [0.25, 0.3) is 11.4 Å². The molecule has 3 rings (SSSR count). The molecule has 2 amide bonds. The molecule has 0 unspecified atom stereocenters. The second kappa shape index (κ2) is 9.31. The Morgan fingerprint density at radius 2 is 1.82 bits per heavy atom. The van der Waals surface area contributed by atoms with Gasteiger partial charge in [0.2, 0.25) is 5.82 Å². The van der Waals surface area contributed by atoms with Crippen LogP contribution in [0.1, 0.15) is 16.2 Å². The number of benzene rings is 2. The quantitative estimate of drug-likeness (QED) is 0.579. The molecule has 144 valence electrons. The van der Waals surface area contributed by atoms with E-state index < -0.39 is 5.91 Å². The van der Waals surface area contributed by atoms with Gasteiger partial charge in [0, 0.05) is 18.7 Å². The number of hydrogen-bond donors (Lipinski definition) is 2. The second-order valence-corrected chi connectivity index (χ2v) is 6.00. The minimum atomic E-state index is -0.499. The molecule has 0 atom stereocenters. The number of rotatable bonds is 8. The molecule has 8 heteroatoms. The Morgan fingerprint density at radius 3 is 2.61 bits per heavy atom. The highest BCUT2D eigenvalue weighted by atomic mass is 16.5. The summed E-state index contributed by atoms with van der Waals surface area (Å²) in [6, 6.07) is 16.6. The van der Waals surface area contributed by atoms with Crippen LogP contribution >= 0.6 is 0 Å². The predicted octanol–water partition coefficient (Wildman–Crippen LogP) is 1.97. The molecule has 2 aromatic carbocycles. The minimum absolute atomic E-state index is 0.0958. The van der Waals surface area contributed by atoms with Crippen LogP contribution in [-0.4, -0.2) is 41.7 Å². The summed E-state index contributed by atoms with van der Waals surface area (Å²) in [7, 11) is 0. The van der Waals surface area contributed by atoms with E-state index in [0.717, 1.165) is 11.1 Å². The molecule has 0 bridgehead atoms. The standard InChI is InChI=1S/C20H20N4O4/c1-14-6-5-7-15(12-14)18-23-20(28-24-18)19(26)22-11-10-21-17(25)13-27-16-8-3-2-4-9-16/h2-9,12H,10-11,13H2,1H3,(H,21,25)(H,22,26). The summed E-state index contributed by atoms with van der Waals surface area (Å²) in [5.74, 6) is 0.0565. The van der Waals surface area contributed by atoms with Crippen LogP contribution in [0.3, 0.4) is 0 Å². The Balaban J connectivity index is 1.39. The van der Waals surface area contributed by atoms with Crippen molar-refractivity contribution >= 4 is 11.8 Å². The van der Waals surface area contributed by atoms with Gasteiger partial charge in [-0.2, -0.15) is 4.98 Å². The minimum Gasteiger partial charge on any atom is -0.484 e. The summed E-state index contributed by atoms with van der Waals surface area (Å²) in [6.45, 7) is 2.33. The molecule has 1 heterocycles. The number of carbonyl (C=O) groups excluding carboxylic acids is 2. The number of aryl methyl sites for hydroxylation is 1. The summed E-state index contributed by atoms with van der Waals surface area (Å²) in [5, 5.41) is 9.09. The summed E-state index contributed by atoms with van der Waals surface area (Å²) in [4.78, 5) is 27.9. The molecule has 28 heavy (non-hydrogen) atoms. The van der Waals surface area contributed by atoms with Crippen LogP contribution in [0.2, 0.25) is 0 Å². The van der Waals surface area contributed by atoms with Gasteiger partial charge < -0.3 is 19.9 Å². The van der Waals surface area contributed by atoms with Gasteiger partial charge in [-0.25, -0.2) is 0 Å². The molecule has 0 aliphatic heterocycles. The van der Waals surface area contributed by atoms with E-state index in [-0.39, 0.29) is 31.5 Å². The number of nitrogens with one attached hydrogen (secondary N) is 2. The first-order valence-electron chi connectivity index (χ1n) is 8.75. The fourth-order valence-corrected chi connectivity index (χ4v) is 2.39. The highest BCUT2D eigenvalue weighted by molar-refractivity contribution is 5.89. The smallest absolute Gasteiger partial charge is 0.316 e. The van der Waals surface area contributed by atoms with Crippen molar-refractivity contribution < 1.29 is 18.8 Å². The van der Waals surface area contributed by atoms with Crippen LogP contribution in [-0.2, 0) is 4.79 Å². The van der Waals surface area contributed by atoms with Gasteiger partial charge in [0.15, 0.2) is 6.61 Å². The lowest BCUT2D eigenvalue weighted by molar-refractivity contribution is -0.123. The van der Waals surface area contributed by atoms with Gasteiger partial charge >= 0.3 is 11.8 Å². The lowest BCUT2D eigenvalue weighted by atomic mass is 10.1. The molecule has 0 saturated carbocycles. The van der Waals surface area contributed by atoms with Gasteiger partial charge in [-0.05, 0) is 25.1 Å². The van der Waals surface area contributed by atoms with Gasteiger partial charge in [-0.15, -0.1) is 0 Å². The van der Waals surface area contributed by atoms with Crippen molar-refractivity contribution in [2.24, 2.45) is 0 Å². The topological polar surface area (TPSA) is 106 Å². The monoisotopic (exact) mass is 380 g/mol. The van der Waals surface area contributed by atoms with E-state index in [4.69, 9.17) is 9.26 Å². The Morgan fingerprint density at radius 1 is 1.04 bits per heavy atom. The van der Waals surface area contributed by atoms with Crippen LogP contribution in [0.15, 0.2) is 59.1 Å². The van der Waals surface area contributed by atoms with E-state index in [1.165, 1.54) is 0 Å². The normalized spacial score (nSPS) is 10.3. The average molecular weight is 380 g/mol. The van der Waals surface area contributed by atoms with E-state index in [2.05, 4.69) is 20.8 Å². The molecule has 0 aliphatic carbocycles. The summed E-state index contributed by atoms with van der Waals surface area (Å²) in [5.41, 5.74) is 1.83. The highest BCUT2D eigenvalue weighted by Crippen LogP contribution is 2.16. The Hall–Kier alpha value is -3.68. The van der Waals surface area contributed by atoms with Gasteiger partial charge in [-0.3, -0.25) is 9.59 Å². The number of aromatic nitrogens is 2. The zero-order valence-electron chi connectivity index (χ0n) is 15.3. The second-order valence-electron chi connectivity index (χ2n) is 6.00. The van der Waals surface area contributed by atoms with Gasteiger partial charge in [-0.1, -0.05) is 47.1 Å². The third-order valence-corrected chi connectivity index (χ3v) is 3.74. The molecule has 3 aromatic rings. The number of nitrogens with zero attached hydrogens (tertiary/aromatic N) is 2. The summed E-state index contributed by atoms with van der Waals surface area (Å²) in [6.07, 6.45) is 0. The Bertz CT molecular complexity index is 940. The lowest BCUT2D eigenvalue weighted by Gasteiger charge is -2.07. The van der Waals surface area contributed by atoms with Crippen LogP contribution in [0.4, 0.5) is 0 Å². The first kappa shape index (κ1) is 19.1. The van der Waals surface area contributed by atoms with Gasteiger partial charge in [0.05, 0.1) is 0 Å². The third kappa shape index (κ3) is 5.41. The first-order valence-corrected chi connectivity index (χ1v) is 8.75. The number of carbonyl (C=O) groups is 2. The SMILES string of the molecule is Cc1cccc(-c2noc(C(=O)NCCNC(=O)COc3ccccc3)n2)c1. The van der Waals surface area contributed by atoms with Gasteiger partial charge in [0.25, 0.3) is 5.91 Å². The van der Waals surface area contributed by atoms with Crippen LogP contribution in [0.5, 0.6) is 5.75 Å². The number of para-hydroxylation sites is 1. The van der Waals surface area contributed by atoms with E-state index in [1.807, 2.05) is 49.4 Å². The zero-order chi connectivity index (χ0) is 19.8. The number of amides is 2. The summed E-state index contributed by atoms with van der Waals surface area (Å²) >= 11 is 0. The van der Waals surface area contributed by atoms with E-state index >= 15 is 0 Å². The maximum Gasteiger partial charge on any atom is 0.316 e. The van der Waals surface area contributed by atoms with Crippen molar-refractivity contribution in [3.05, 3.63) is 66.1 Å². The van der Waals surface area contributed by atoms with Crippen molar-refractivity contribution in [1.29, 1.82) is 0 Å². The summed E-state index contributed by atoms with van der Waals surface area (Å²) < 4.78 is 10.3. The molecule has 0 aliphatic rings. The molecule has 0 fully saturated rings. The van der Waals surface area contributed by atoms with Crippen molar-refractivity contribution in [3.63, 3.8) is 0 Å². The average Bonchev–Trinajstić information content (AvgIpc) is 3.21. The molecular formula is C20H20N4O4. The molecule has 0 radical (unpaired) electrons. The van der Waals surface area contributed by atoms with Crippen LogP contribution < -0.4 is 15.4 Å². The predicted molar refractivity (Wildman–Crippen MR) is 102 cm³/mol. The fourth-order valence-electron chi connectivity index (χ4n) is 2.39. The molecule has 0 spiro atoms. The molecule has 0 saturated heterocycles. The molecular weight excluding hydrogens is 360 g/mol. The Labute approximate surface area is 161 Å². The number of ether oxygens (including phenoxy) is 1. The third-order valence-electron chi connectivity index (χ3n) is 3.74. The van der Waals surface area contributed by atoms with Gasteiger partial charge in [0.1, 0.15) is 5.75 Å². The van der Waals surface area contributed by atoms with E-state index in [0.29, 0.717) is 11.6 Å². The molecule has 1 aromatic heterocycles. The van der Waals surface area contributed by atoms with Crippen molar-refractivity contribution in [3.8, 4) is 17.1 Å². The van der Waals surface area contributed by atoms with E-state index in [9.17, 15) is 9.59 Å². The first-order chi connectivity index (χ1) is 13.6. The van der Waals surface area contributed by atoms with Crippen molar-refractivity contribution in [1.82, 2.24) is 20.8 Å². The maximum absolute atomic E-state index is 12.1. The molecule has 2 N–H and O–H groups in total. The fraction of sp³-hybridized carbons (Fsp3) is 0.200. The Kier molecular flexibility index (Phi) is 6.35. The van der Waals surface area contributed by atoms with Crippen molar-refractivity contribution in [2.75, 3.05) is 19.7 Å². The lowest BCUT2D eigenvalue weighted by Crippen LogP contribution is -2.36. The van der Waals surface area contributed by atoms with Crippen LogP contribution in [0, 0.1) is 6.92 Å². The maximum atomic E-state index is 12.1. The molecule has 8 nitrogen and oxygen atoms in total. The number of hydrogen-bond acceptors (Lipinski definition) is 6. The zero-order valence-corrected chi connectivity index (χ0v) is 15.3. The van der Waals surface area contributed by atoms with Crippen molar-refractivity contribution in [2.45, 2.75) is 6.92 Å².